The second-order valence-electron chi connectivity index (χ2n) is 12.0. The molecule has 1 fully saturated rings. The third-order valence-electron chi connectivity index (χ3n) is 8.42. The molecule has 11 nitrogen and oxygen atoms in total. The Balaban J connectivity index is 1.14. The molecule has 0 aliphatic carbocycles. The molecular formula is C32H52ClN5O6. The van der Waals surface area contributed by atoms with Crippen LogP contribution in [0.4, 0.5) is 5.69 Å². The van der Waals surface area contributed by atoms with Crippen molar-refractivity contribution in [3.05, 3.63) is 22.2 Å². The van der Waals surface area contributed by atoms with Gasteiger partial charge in [0.1, 0.15) is 5.75 Å². The van der Waals surface area contributed by atoms with Crippen LogP contribution in [0.25, 0.3) is 0 Å². The van der Waals surface area contributed by atoms with Crippen molar-refractivity contribution in [2.24, 2.45) is 0 Å². The van der Waals surface area contributed by atoms with Crippen LogP contribution in [0.5, 0.6) is 5.75 Å². The van der Waals surface area contributed by atoms with Gasteiger partial charge in [0, 0.05) is 57.0 Å². The molecule has 0 radical (unpaired) electrons. The number of hydrogen-bond donors (Lipinski definition) is 6. The fraction of sp³-hybridized carbons (Fsp3) is 0.719. The zero-order valence-corrected chi connectivity index (χ0v) is 26.8. The maximum absolute atomic E-state index is 13.0. The summed E-state index contributed by atoms with van der Waals surface area (Å²) in [7, 11) is 0. The van der Waals surface area contributed by atoms with Gasteiger partial charge in [-0.25, -0.2) is 0 Å². The van der Waals surface area contributed by atoms with E-state index in [9.17, 15) is 19.5 Å². The number of carbonyl (C=O) groups is 3. The van der Waals surface area contributed by atoms with Crippen molar-refractivity contribution in [1.82, 2.24) is 20.9 Å². The number of likely N-dealkylation sites (tertiary alicyclic amines) is 1. The first-order valence-electron chi connectivity index (χ1n) is 16.4. The van der Waals surface area contributed by atoms with Gasteiger partial charge >= 0.3 is 0 Å². The Morgan fingerprint density at radius 1 is 0.977 bits per heavy atom. The molecule has 1 aromatic rings. The van der Waals surface area contributed by atoms with Gasteiger partial charge in [-0.15, -0.1) is 0 Å². The van der Waals surface area contributed by atoms with Gasteiger partial charge < -0.3 is 41.5 Å². The maximum Gasteiger partial charge on any atom is 0.255 e. The molecule has 0 spiro atoms. The van der Waals surface area contributed by atoms with Gasteiger partial charge in [0.15, 0.2) is 0 Å². The largest absolute Gasteiger partial charge is 0.492 e. The number of piperidine rings is 1. The quantitative estimate of drug-likeness (QED) is 0.0938. The van der Waals surface area contributed by atoms with Crippen LogP contribution in [-0.4, -0.2) is 90.9 Å². The van der Waals surface area contributed by atoms with Crippen molar-refractivity contribution in [1.29, 1.82) is 0 Å². The Morgan fingerprint density at radius 3 is 2.27 bits per heavy atom. The Labute approximate surface area is 266 Å². The molecule has 0 saturated carbocycles. The molecule has 3 rings (SSSR count). The van der Waals surface area contributed by atoms with E-state index in [1.807, 2.05) is 0 Å². The van der Waals surface area contributed by atoms with Gasteiger partial charge in [0.25, 0.3) is 5.91 Å². The lowest BCUT2D eigenvalue weighted by Gasteiger charge is -2.32. The van der Waals surface area contributed by atoms with Crippen LogP contribution in [0.3, 0.4) is 0 Å². The number of hydrogen-bond acceptors (Lipinski definition) is 8. The first-order valence-corrected chi connectivity index (χ1v) is 16.8. The summed E-state index contributed by atoms with van der Waals surface area (Å²) in [5, 5.41) is 27.5. The molecule has 3 amide bonds. The summed E-state index contributed by atoms with van der Waals surface area (Å²) in [4.78, 5) is 39.4. The summed E-state index contributed by atoms with van der Waals surface area (Å²) < 4.78 is 5.68. The minimum absolute atomic E-state index is 0.0335. The predicted octanol–water partition coefficient (Wildman–Crippen LogP) is 2.93. The summed E-state index contributed by atoms with van der Waals surface area (Å²) >= 11 is 6.26. The minimum atomic E-state index is -0.671. The van der Waals surface area contributed by atoms with Crippen molar-refractivity contribution in [3.63, 3.8) is 0 Å². The van der Waals surface area contributed by atoms with Gasteiger partial charge in [-0.2, -0.15) is 0 Å². The number of rotatable bonds is 20. The fourth-order valence-corrected chi connectivity index (χ4v) is 5.94. The van der Waals surface area contributed by atoms with Crippen molar-refractivity contribution < 1.29 is 29.3 Å². The number of unbranched alkanes of at least 4 members (excludes halogenated alkanes) is 5. The standard InChI is InChI=1S/C32H52ClN5O6/c33-27-21-26(31-25(30(27)34)14-20-44-31)32(43)37-23-12-18-38(19-13-23)17-8-2-4-11-29(42)35-15-6-1-3-10-28(41)36-16-7-5-9-24(40)22-39/h21,23-24,39-40H,1-20,22,34H2,(H,35,42)(H,36,41)(H,37,43). The van der Waals surface area contributed by atoms with Crippen LogP contribution < -0.4 is 26.4 Å². The summed E-state index contributed by atoms with van der Waals surface area (Å²) in [6.45, 7) is 4.38. The monoisotopic (exact) mass is 637 g/mol. The number of nitrogens with two attached hydrogens (primary N) is 1. The lowest BCUT2D eigenvalue weighted by Crippen LogP contribution is -2.44. The molecule has 1 aromatic carbocycles. The molecule has 1 unspecified atom stereocenters. The molecule has 2 aliphatic rings. The van der Waals surface area contributed by atoms with Crippen molar-refractivity contribution >= 4 is 35.0 Å². The van der Waals surface area contributed by atoms with Gasteiger partial charge in [0.2, 0.25) is 11.8 Å². The Morgan fingerprint density at radius 2 is 1.61 bits per heavy atom. The highest BCUT2D eigenvalue weighted by Gasteiger charge is 2.27. The lowest BCUT2D eigenvalue weighted by atomic mass is 10.0. The first kappa shape index (κ1) is 35.9. The van der Waals surface area contributed by atoms with Crippen LogP contribution in [-0.2, 0) is 16.0 Å². The number of fused-ring (bicyclic) bond motifs is 1. The van der Waals surface area contributed by atoms with E-state index in [4.69, 9.17) is 27.2 Å². The molecule has 7 N–H and O–H groups in total. The second-order valence-corrected chi connectivity index (χ2v) is 12.4. The topological polar surface area (TPSA) is 166 Å². The van der Waals surface area contributed by atoms with Crippen LogP contribution in [0.1, 0.15) is 99.4 Å². The van der Waals surface area contributed by atoms with E-state index in [1.165, 1.54) is 0 Å². The molecule has 0 bridgehead atoms. The fourth-order valence-electron chi connectivity index (χ4n) is 5.71. The third kappa shape index (κ3) is 12.4. The lowest BCUT2D eigenvalue weighted by molar-refractivity contribution is -0.122. The average Bonchev–Trinajstić information content (AvgIpc) is 3.51. The highest BCUT2D eigenvalue weighted by molar-refractivity contribution is 6.33. The van der Waals surface area contributed by atoms with Crippen LogP contribution >= 0.6 is 11.6 Å². The van der Waals surface area contributed by atoms with E-state index >= 15 is 0 Å². The molecule has 2 aliphatic heterocycles. The highest BCUT2D eigenvalue weighted by Crippen LogP contribution is 2.38. The molecule has 44 heavy (non-hydrogen) atoms. The number of carbonyl (C=O) groups excluding carboxylic acids is 3. The van der Waals surface area contributed by atoms with E-state index in [0.29, 0.717) is 67.4 Å². The number of nitrogens with one attached hydrogen (secondary N) is 3. The summed E-state index contributed by atoms with van der Waals surface area (Å²) in [5.41, 5.74) is 7.84. The number of benzene rings is 1. The number of ether oxygens (including phenoxy) is 1. The molecule has 0 aromatic heterocycles. The SMILES string of the molecule is Nc1c(Cl)cc(C(=O)NC2CCN(CCCCCC(=O)NCCCCCC(=O)NCCCCC(O)CO)CC2)c2c1CCO2. The number of anilines is 1. The first-order chi connectivity index (χ1) is 21.3. The van der Waals surface area contributed by atoms with Crippen LogP contribution in [0.2, 0.25) is 5.02 Å². The Kier molecular flexibility index (Phi) is 16.1. The van der Waals surface area contributed by atoms with Gasteiger partial charge in [-0.1, -0.05) is 24.4 Å². The van der Waals surface area contributed by atoms with Gasteiger partial charge in [-0.3, -0.25) is 14.4 Å². The van der Waals surface area contributed by atoms with Crippen molar-refractivity contribution in [3.8, 4) is 5.75 Å². The zero-order chi connectivity index (χ0) is 31.7. The van der Waals surface area contributed by atoms with Gasteiger partial charge in [0.05, 0.1) is 35.6 Å². The molecule has 2 heterocycles. The average molecular weight is 638 g/mol. The van der Waals surface area contributed by atoms with E-state index < -0.39 is 6.10 Å². The third-order valence-corrected chi connectivity index (χ3v) is 8.73. The summed E-state index contributed by atoms with van der Waals surface area (Å²) in [6, 6.07) is 1.72. The Hall–Kier alpha value is -2.60. The minimum Gasteiger partial charge on any atom is -0.492 e. The number of nitrogen functional groups attached to an aromatic ring is 1. The van der Waals surface area contributed by atoms with E-state index in [2.05, 4.69) is 20.9 Å². The van der Waals surface area contributed by atoms with E-state index in [1.54, 1.807) is 6.07 Å². The number of aliphatic hydroxyl groups excluding tert-OH is 2. The number of nitrogens with zero attached hydrogens (tertiary/aromatic N) is 1. The van der Waals surface area contributed by atoms with Crippen molar-refractivity contribution in [2.45, 2.75) is 102 Å². The van der Waals surface area contributed by atoms with Crippen LogP contribution in [0.15, 0.2) is 6.07 Å². The van der Waals surface area contributed by atoms with Crippen molar-refractivity contribution in [2.75, 3.05) is 51.7 Å². The maximum atomic E-state index is 13.0. The predicted molar refractivity (Wildman–Crippen MR) is 172 cm³/mol. The normalized spacial score (nSPS) is 15.8. The molecule has 1 atom stereocenters. The van der Waals surface area contributed by atoms with Gasteiger partial charge in [-0.05, 0) is 70.4 Å². The molecule has 12 heteroatoms. The smallest absolute Gasteiger partial charge is 0.255 e. The molecule has 1 saturated heterocycles. The molecular weight excluding hydrogens is 586 g/mol. The highest BCUT2D eigenvalue weighted by atomic mass is 35.5. The zero-order valence-electron chi connectivity index (χ0n) is 26.0. The number of aliphatic hydroxyl groups is 2. The Bertz CT molecular complexity index is 1070. The number of amides is 3. The summed E-state index contributed by atoms with van der Waals surface area (Å²) in [5.74, 6) is 0.523. The van der Waals surface area contributed by atoms with Crippen LogP contribution in [0, 0.1) is 0 Å². The van der Waals surface area contributed by atoms with E-state index in [-0.39, 0.29) is 30.4 Å². The van der Waals surface area contributed by atoms with E-state index in [0.717, 1.165) is 89.4 Å². The second kappa shape index (κ2) is 19.7. The number of halogens is 1. The molecule has 248 valence electrons. The summed E-state index contributed by atoms with van der Waals surface area (Å²) in [6.07, 6.45) is 10.4.